The van der Waals surface area contributed by atoms with Crippen LogP contribution in [0.25, 0.3) is 0 Å². The van der Waals surface area contributed by atoms with Gasteiger partial charge >= 0.3 is 0 Å². The standard InChI is InChI=1S/C13H12O4S/c14-12-7-6-11(9-13(12)18(15,16)17)8-10-4-2-1-3-5-10/h1-7,9,14H,8H2,(H,15,16,17). The minimum atomic E-state index is -4.40. The van der Waals surface area contributed by atoms with E-state index in [1.165, 1.54) is 12.1 Å². The molecule has 0 saturated carbocycles. The van der Waals surface area contributed by atoms with Crippen LogP contribution in [-0.4, -0.2) is 18.1 Å². The fourth-order valence-electron chi connectivity index (χ4n) is 1.71. The maximum Gasteiger partial charge on any atom is 0.298 e. The quantitative estimate of drug-likeness (QED) is 0.834. The van der Waals surface area contributed by atoms with Gasteiger partial charge in [-0.2, -0.15) is 8.42 Å². The Morgan fingerprint density at radius 3 is 2.22 bits per heavy atom. The van der Waals surface area contributed by atoms with Gasteiger partial charge in [-0.05, 0) is 29.7 Å². The molecule has 18 heavy (non-hydrogen) atoms. The molecule has 0 aromatic heterocycles. The molecule has 0 aliphatic rings. The zero-order valence-electron chi connectivity index (χ0n) is 9.45. The normalized spacial score (nSPS) is 11.4. The summed E-state index contributed by atoms with van der Waals surface area (Å²) in [5.74, 6) is -0.450. The third-order valence-electron chi connectivity index (χ3n) is 2.55. The Morgan fingerprint density at radius 2 is 1.61 bits per heavy atom. The van der Waals surface area contributed by atoms with Crippen LogP contribution in [0.5, 0.6) is 5.75 Å². The Morgan fingerprint density at radius 1 is 0.944 bits per heavy atom. The topological polar surface area (TPSA) is 74.6 Å². The average molecular weight is 264 g/mol. The number of hydrogen-bond acceptors (Lipinski definition) is 3. The average Bonchev–Trinajstić information content (AvgIpc) is 2.31. The van der Waals surface area contributed by atoms with Crippen molar-refractivity contribution in [2.75, 3.05) is 0 Å². The van der Waals surface area contributed by atoms with Gasteiger partial charge in [-0.3, -0.25) is 4.55 Å². The predicted octanol–water partition coefficient (Wildman–Crippen LogP) is 2.23. The highest BCUT2D eigenvalue weighted by Crippen LogP contribution is 2.24. The summed E-state index contributed by atoms with van der Waals surface area (Å²) in [5.41, 5.74) is 1.72. The molecule has 0 aliphatic heterocycles. The van der Waals surface area contributed by atoms with Crippen LogP contribution >= 0.6 is 0 Å². The molecule has 0 unspecified atom stereocenters. The van der Waals surface area contributed by atoms with Crippen molar-refractivity contribution in [1.29, 1.82) is 0 Å². The summed E-state index contributed by atoms with van der Waals surface area (Å²) in [6.45, 7) is 0. The minimum absolute atomic E-state index is 0.450. The van der Waals surface area contributed by atoms with Gasteiger partial charge in [0.1, 0.15) is 10.6 Å². The number of rotatable bonds is 3. The Balaban J connectivity index is 2.37. The minimum Gasteiger partial charge on any atom is -0.506 e. The van der Waals surface area contributed by atoms with Crippen LogP contribution in [0.4, 0.5) is 0 Å². The molecule has 2 N–H and O–H groups in total. The first kappa shape index (κ1) is 12.6. The Labute approximate surface area is 105 Å². The van der Waals surface area contributed by atoms with E-state index in [1.54, 1.807) is 6.07 Å². The van der Waals surface area contributed by atoms with Gasteiger partial charge in [0.2, 0.25) is 0 Å². The third-order valence-corrected chi connectivity index (χ3v) is 3.44. The van der Waals surface area contributed by atoms with Gasteiger partial charge in [-0.1, -0.05) is 36.4 Å². The zero-order valence-corrected chi connectivity index (χ0v) is 10.3. The Kier molecular flexibility index (Phi) is 3.36. The number of aromatic hydroxyl groups is 1. The third kappa shape index (κ3) is 2.88. The SMILES string of the molecule is O=S(=O)(O)c1cc(Cc2ccccc2)ccc1O. The molecule has 2 aromatic rings. The maximum absolute atomic E-state index is 11.1. The number of phenolic OH excluding ortho intramolecular Hbond substituents is 1. The van der Waals surface area contributed by atoms with Gasteiger partial charge in [-0.15, -0.1) is 0 Å². The van der Waals surface area contributed by atoms with Crippen molar-refractivity contribution >= 4 is 10.1 Å². The highest BCUT2D eigenvalue weighted by molar-refractivity contribution is 7.86. The monoisotopic (exact) mass is 264 g/mol. The lowest BCUT2D eigenvalue weighted by atomic mass is 10.1. The smallest absolute Gasteiger partial charge is 0.298 e. The first-order chi connectivity index (χ1) is 8.47. The van der Waals surface area contributed by atoms with E-state index in [2.05, 4.69) is 0 Å². The van der Waals surface area contributed by atoms with Gasteiger partial charge in [-0.25, -0.2) is 0 Å². The Hall–Kier alpha value is -1.85. The largest absolute Gasteiger partial charge is 0.506 e. The van der Waals surface area contributed by atoms with Crippen LogP contribution in [0.2, 0.25) is 0 Å². The summed E-state index contributed by atoms with van der Waals surface area (Å²) in [6.07, 6.45) is 0.531. The van der Waals surface area contributed by atoms with Crippen LogP contribution < -0.4 is 0 Å². The molecular formula is C13H12O4S. The van der Waals surface area contributed by atoms with Crippen LogP contribution in [-0.2, 0) is 16.5 Å². The molecule has 0 aliphatic carbocycles. The summed E-state index contributed by atoms with van der Waals surface area (Å²) in [6, 6.07) is 13.7. The van der Waals surface area contributed by atoms with E-state index in [0.717, 1.165) is 5.56 Å². The molecule has 0 radical (unpaired) electrons. The molecule has 0 amide bonds. The molecule has 5 heteroatoms. The van der Waals surface area contributed by atoms with E-state index in [4.69, 9.17) is 4.55 Å². The molecular weight excluding hydrogens is 252 g/mol. The van der Waals surface area contributed by atoms with Crippen molar-refractivity contribution in [3.63, 3.8) is 0 Å². The molecule has 0 saturated heterocycles. The van der Waals surface area contributed by atoms with E-state index in [0.29, 0.717) is 12.0 Å². The maximum atomic E-state index is 11.1. The molecule has 0 atom stereocenters. The first-order valence-electron chi connectivity index (χ1n) is 5.30. The van der Waals surface area contributed by atoms with Crippen LogP contribution in [0.3, 0.4) is 0 Å². The zero-order chi connectivity index (χ0) is 13.2. The fourth-order valence-corrected chi connectivity index (χ4v) is 2.34. The van der Waals surface area contributed by atoms with Crippen molar-refractivity contribution in [1.82, 2.24) is 0 Å². The molecule has 2 rings (SSSR count). The predicted molar refractivity (Wildman–Crippen MR) is 67.2 cm³/mol. The Bertz CT molecular complexity index is 648. The highest BCUT2D eigenvalue weighted by Gasteiger charge is 2.15. The van der Waals surface area contributed by atoms with Crippen LogP contribution in [0.1, 0.15) is 11.1 Å². The summed E-state index contributed by atoms with van der Waals surface area (Å²) in [4.78, 5) is -0.462. The van der Waals surface area contributed by atoms with Crippen LogP contribution in [0.15, 0.2) is 53.4 Å². The van der Waals surface area contributed by atoms with Crippen LogP contribution in [0, 0.1) is 0 Å². The van der Waals surface area contributed by atoms with E-state index < -0.39 is 20.8 Å². The van der Waals surface area contributed by atoms with E-state index >= 15 is 0 Å². The van der Waals surface area contributed by atoms with Crippen molar-refractivity contribution < 1.29 is 18.1 Å². The lowest BCUT2D eigenvalue weighted by Crippen LogP contribution is -2.00. The molecule has 0 bridgehead atoms. The van der Waals surface area contributed by atoms with Crippen molar-refractivity contribution in [2.45, 2.75) is 11.3 Å². The second kappa shape index (κ2) is 4.80. The molecule has 2 aromatic carbocycles. The van der Waals surface area contributed by atoms with Crippen molar-refractivity contribution in [2.24, 2.45) is 0 Å². The summed E-state index contributed by atoms with van der Waals surface area (Å²) >= 11 is 0. The molecule has 0 spiro atoms. The summed E-state index contributed by atoms with van der Waals surface area (Å²) in [5, 5.41) is 9.40. The van der Waals surface area contributed by atoms with E-state index in [9.17, 15) is 13.5 Å². The van der Waals surface area contributed by atoms with E-state index in [-0.39, 0.29) is 0 Å². The second-order valence-electron chi connectivity index (χ2n) is 3.94. The van der Waals surface area contributed by atoms with Gasteiger partial charge in [0.15, 0.2) is 0 Å². The molecule has 0 heterocycles. The first-order valence-corrected chi connectivity index (χ1v) is 6.74. The van der Waals surface area contributed by atoms with Crippen molar-refractivity contribution in [3.05, 3.63) is 59.7 Å². The van der Waals surface area contributed by atoms with Crippen molar-refractivity contribution in [3.8, 4) is 5.75 Å². The summed E-state index contributed by atoms with van der Waals surface area (Å²) < 4.78 is 31.1. The lowest BCUT2D eigenvalue weighted by molar-refractivity contribution is 0.443. The molecule has 4 nitrogen and oxygen atoms in total. The molecule has 0 fully saturated rings. The van der Waals surface area contributed by atoms with Gasteiger partial charge in [0, 0.05) is 0 Å². The number of hydrogen-bond donors (Lipinski definition) is 2. The van der Waals surface area contributed by atoms with Gasteiger partial charge < -0.3 is 5.11 Å². The number of phenols is 1. The highest BCUT2D eigenvalue weighted by atomic mass is 32.2. The fraction of sp³-hybridized carbons (Fsp3) is 0.0769. The summed E-state index contributed by atoms with van der Waals surface area (Å²) in [7, 11) is -4.40. The molecule has 94 valence electrons. The van der Waals surface area contributed by atoms with E-state index in [1.807, 2.05) is 30.3 Å². The van der Waals surface area contributed by atoms with Gasteiger partial charge in [0.25, 0.3) is 10.1 Å². The second-order valence-corrected chi connectivity index (χ2v) is 5.33. The number of benzene rings is 2. The van der Waals surface area contributed by atoms with Gasteiger partial charge in [0.05, 0.1) is 0 Å². The lowest BCUT2D eigenvalue weighted by Gasteiger charge is -2.05.